The molecular weight excluding hydrogens is 248 g/mol. The molecule has 1 aromatic rings. The third kappa shape index (κ3) is 2.46. The molecule has 2 aliphatic rings. The Hall–Kier alpha value is -1.88. The molecule has 5 nitrogen and oxygen atoms in total. The molecule has 3 rings (SSSR count). The molecule has 1 atom stereocenters. The lowest BCUT2D eigenvalue weighted by molar-refractivity contribution is -0.124. The number of Topliss-reactive ketones (excluding diaryl/α,β-unsaturated/α-hetero) is 2. The Kier molecular flexibility index (Phi) is 3.21. The lowest BCUT2D eigenvalue weighted by atomic mass is 10.0. The second-order valence-corrected chi connectivity index (χ2v) is 4.69. The number of carbonyl (C=O) groups excluding carboxylic acids is 2. The van der Waals surface area contributed by atoms with Crippen LogP contribution in [0.4, 0.5) is 0 Å². The Morgan fingerprint density at radius 1 is 1.42 bits per heavy atom. The molecule has 0 N–H and O–H groups in total. The van der Waals surface area contributed by atoms with Crippen LogP contribution in [0.5, 0.6) is 11.5 Å². The van der Waals surface area contributed by atoms with Crippen LogP contribution in [0, 0.1) is 5.92 Å². The van der Waals surface area contributed by atoms with Crippen molar-refractivity contribution in [1.82, 2.24) is 0 Å². The molecular formula is C14H14O5. The van der Waals surface area contributed by atoms with Gasteiger partial charge in [0.1, 0.15) is 18.1 Å². The summed E-state index contributed by atoms with van der Waals surface area (Å²) in [6, 6.07) is 5.01. The van der Waals surface area contributed by atoms with Crippen molar-refractivity contribution in [2.24, 2.45) is 5.92 Å². The van der Waals surface area contributed by atoms with Gasteiger partial charge in [0.15, 0.2) is 12.4 Å². The smallest absolute Gasteiger partial charge is 0.203 e. The van der Waals surface area contributed by atoms with E-state index in [1.54, 1.807) is 18.2 Å². The van der Waals surface area contributed by atoms with E-state index in [9.17, 15) is 9.59 Å². The van der Waals surface area contributed by atoms with Crippen molar-refractivity contribution in [2.75, 3.05) is 26.4 Å². The first-order chi connectivity index (χ1) is 9.24. The topological polar surface area (TPSA) is 61.8 Å². The summed E-state index contributed by atoms with van der Waals surface area (Å²) in [5, 5.41) is 0. The average Bonchev–Trinajstić information content (AvgIpc) is 3.06. The number of rotatable bonds is 4. The molecule has 1 aromatic carbocycles. The maximum Gasteiger partial charge on any atom is 0.203 e. The summed E-state index contributed by atoms with van der Waals surface area (Å²) < 4.78 is 15.8. The van der Waals surface area contributed by atoms with E-state index >= 15 is 0 Å². The second-order valence-electron chi connectivity index (χ2n) is 4.69. The van der Waals surface area contributed by atoms with Crippen LogP contribution in [-0.4, -0.2) is 38.0 Å². The van der Waals surface area contributed by atoms with Crippen molar-refractivity contribution in [1.29, 1.82) is 0 Å². The van der Waals surface area contributed by atoms with E-state index in [-0.39, 0.29) is 30.7 Å². The fraction of sp³-hybridized carbons (Fsp3) is 0.429. The first kappa shape index (κ1) is 12.2. The van der Waals surface area contributed by atoms with E-state index in [0.29, 0.717) is 30.3 Å². The minimum atomic E-state index is -0.0488. The summed E-state index contributed by atoms with van der Waals surface area (Å²) in [4.78, 5) is 23.2. The Bertz CT molecular complexity index is 517. The molecule has 0 spiro atoms. The fourth-order valence-corrected chi connectivity index (χ4v) is 2.22. The van der Waals surface area contributed by atoms with Gasteiger partial charge in [0.05, 0.1) is 12.2 Å². The van der Waals surface area contributed by atoms with Gasteiger partial charge in [-0.1, -0.05) is 0 Å². The zero-order valence-electron chi connectivity index (χ0n) is 10.4. The lowest BCUT2D eigenvalue weighted by Crippen LogP contribution is -2.21. The number of ketones is 2. The highest BCUT2D eigenvalue weighted by Gasteiger charge is 2.24. The molecule has 1 saturated heterocycles. The first-order valence-electron chi connectivity index (χ1n) is 6.27. The number of carbonyl (C=O) groups is 2. The van der Waals surface area contributed by atoms with Crippen LogP contribution < -0.4 is 9.47 Å². The molecule has 2 heterocycles. The third-order valence-corrected chi connectivity index (χ3v) is 3.38. The van der Waals surface area contributed by atoms with Crippen molar-refractivity contribution >= 4 is 11.6 Å². The molecule has 1 fully saturated rings. The zero-order chi connectivity index (χ0) is 13.2. The SMILES string of the molecule is O=C1COc2cc(OCC(=O)C3CCOC3)ccc21. The van der Waals surface area contributed by atoms with Crippen LogP contribution in [0.1, 0.15) is 16.8 Å². The van der Waals surface area contributed by atoms with Gasteiger partial charge in [-0.2, -0.15) is 0 Å². The summed E-state index contributed by atoms with van der Waals surface area (Å²) in [5.41, 5.74) is 0.572. The van der Waals surface area contributed by atoms with Gasteiger partial charge in [0.25, 0.3) is 0 Å². The number of benzene rings is 1. The van der Waals surface area contributed by atoms with Gasteiger partial charge in [-0.05, 0) is 18.6 Å². The highest BCUT2D eigenvalue weighted by Crippen LogP contribution is 2.29. The van der Waals surface area contributed by atoms with E-state index in [2.05, 4.69) is 0 Å². The molecule has 0 amide bonds. The van der Waals surface area contributed by atoms with Gasteiger partial charge in [0.2, 0.25) is 5.78 Å². The zero-order valence-corrected chi connectivity index (χ0v) is 10.4. The molecule has 0 radical (unpaired) electrons. The van der Waals surface area contributed by atoms with Crippen molar-refractivity contribution in [3.8, 4) is 11.5 Å². The highest BCUT2D eigenvalue weighted by molar-refractivity contribution is 6.02. The molecule has 19 heavy (non-hydrogen) atoms. The summed E-state index contributed by atoms with van der Waals surface area (Å²) in [5.74, 6) is 1.04. The molecule has 0 bridgehead atoms. The normalized spacial score (nSPS) is 21.1. The van der Waals surface area contributed by atoms with E-state index in [1.807, 2.05) is 0 Å². The lowest BCUT2D eigenvalue weighted by Gasteiger charge is -2.09. The van der Waals surface area contributed by atoms with Crippen molar-refractivity contribution in [3.05, 3.63) is 23.8 Å². The van der Waals surface area contributed by atoms with E-state index in [0.717, 1.165) is 6.42 Å². The largest absolute Gasteiger partial charge is 0.486 e. The summed E-state index contributed by atoms with van der Waals surface area (Å²) in [6.45, 7) is 1.24. The van der Waals surface area contributed by atoms with E-state index in [4.69, 9.17) is 14.2 Å². The van der Waals surface area contributed by atoms with Gasteiger partial charge in [-0.15, -0.1) is 0 Å². The third-order valence-electron chi connectivity index (χ3n) is 3.38. The molecule has 0 aliphatic carbocycles. The van der Waals surface area contributed by atoms with Gasteiger partial charge < -0.3 is 14.2 Å². The molecule has 0 aromatic heterocycles. The fourth-order valence-electron chi connectivity index (χ4n) is 2.22. The van der Waals surface area contributed by atoms with Crippen LogP contribution in [0.2, 0.25) is 0 Å². The maximum absolute atomic E-state index is 11.8. The van der Waals surface area contributed by atoms with Crippen LogP contribution in [0.25, 0.3) is 0 Å². The van der Waals surface area contributed by atoms with Crippen LogP contribution in [0.15, 0.2) is 18.2 Å². The molecule has 1 unspecified atom stereocenters. The minimum absolute atomic E-state index is 0.0271. The predicted molar refractivity (Wildman–Crippen MR) is 65.7 cm³/mol. The maximum atomic E-state index is 11.8. The van der Waals surface area contributed by atoms with Gasteiger partial charge in [-0.25, -0.2) is 0 Å². The Morgan fingerprint density at radius 2 is 2.32 bits per heavy atom. The van der Waals surface area contributed by atoms with Gasteiger partial charge in [0, 0.05) is 18.6 Å². The second kappa shape index (κ2) is 5.01. The number of hydrogen-bond acceptors (Lipinski definition) is 5. The summed E-state index contributed by atoms with van der Waals surface area (Å²) >= 11 is 0. The molecule has 5 heteroatoms. The van der Waals surface area contributed by atoms with Crippen LogP contribution in [0.3, 0.4) is 0 Å². The Balaban J connectivity index is 1.61. The van der Waals surface area contributed by atoms with E-state index in [1.165, 1.54) is 0 Å². The Labute approximate surface area is 110 Å². The Morgan fingerprint density at radius 3 is 3.11 bits per heavy atom. The van der Waals surface area contributed by atoms with Crippen molar-refractivity contribution in [2.45, 2.75) is 6.42 Å². The van der Waals surface area contributed by atoms with Gasteiger partial charge >= 0.3 is 0 Å². The molecule has 2 aliphatic heterocycles. The standard InChI is InChI=1S/C14H14O5/c15-12(9-3-4-17-6-9)7-18-10-1-2-11-13(16)8-19-14(11)5-10/h1-2,5,9H,3-4,6-8H2. The molecule has 100 valence electrons. The highest BCUT2D eigenvalue weighted by atomic mass is 16.5. The number of ether oxygens (including phenoxy) is 3. The van der Waals surface area contributed by atoms with Crippen molar-refractivity contribution in [3.63, 3.8) is 0 Å². The van der Waals surface area contributed by atoms with E-state index < -0.39 is 0 Å². The number of fused-ring (bicyclic) bond motifs is 1. The minimum Gasteiger partial charge on any atom is -0.486 e. The summed E-state index contributed by atoms with van der Waals surface area (Å²) in [6.07, 6.45) is 0.768. The quantitative estimate of drug-likeness (QED) is 0.817. The average molecular weight is 262 g/mol. The van der Waals surface area contributed by atoms with Crippen LogP contribution in [-0.2, 0) is 9.53 Å². The van der Waals surface area contributed by atoms with Crippen LogP contribution >= 0.6 is 0 Å². The van der Waals surface area contributed by atoms with Gasteiger partial charge in [-0.3, -0.25) is 9.59 Å². The summed E-state index contributed by atoms with van der Waals surface area (Å²) in [7, 11) is 0. The number of hydrogen-bond donors (Lipinski definition) is 0. The van der Waals surface area contributed by atoms with Crippen molar-refractivity contribution < 1.29 is 23.8 Å². The first-order valence-corrected chi connectivity index (χ1v) is 6.27. The monoisotopic (exact) mass is 262 g/mol. The molecule has 0 saturated carbocycles. The predicted octanol–water partition coefficient (Wildman–Crippen LogP) is 1.25.